The molecule has 1 saturated heterocycles. The van der Waals surface area contributed by atoms with Gasteiger partial charge in [-0.2, -0.15) is 0 Å². The molecular formula is C17H24BFO4. The second kappa shape index (κ2) is 6.61. The van der Waals surface area contributed by atoms with E-state index in [1.54, 1.807) is 19.1 Å². The standard InChI is InChI=1S/C17H24BFO4/c1-6-21-15(20)10-7-12-11-13(8-9-14(12)19)18-22-16(2,3)17(4,5)23-18/h8-9,11H,6-7,10H2,1-5H3. The minimum absolute atomic E-state index is 0.150. The topological polar surface area (TPSA) is 44.8 Å². The Balaban J connectivity index is 2.13. The van der Waals surface area contributed by atoms with Gasteiger partial charge in [0.2, 0.25) is 0 Å². The Morgan fingerprint density at radius 2 is 1.83 bits per heavy atom. The molecule has 0 amide bonds. The van der Waals surface area contributed by atoms with Gasteiger partial charge in [0.1, 0.15) is 5.82 Å². The van der Waals surface area contributed by atoms with Gasteiger partial charge in [-0.15, -0.1) is 0 Å². The van der Waals surface area contributed by atoms with E-state index < -0.39 is 18.3 Å². The van der Waals surface area contributed by atoms with Crippen molar-refractivity contribution in [1.82, 2.24) is 0 Å². The number of halogens is 1. The lowest BCUT2D eigenvalue weighted by Crippen LogP contribution is -2.41. The maximum Gasteiger partial charge on any atom is 0.494 e. The van der Waals surface area contributed by atoms with E-state index in [0.717, 1.165) is 5.46 Å². The molecule has 1 heterocycles. The van der Waals surface area contributed by atoms with Gasteiger partial charge >= 0.3 is 13.1 Å². The van der Waals surface area contributed by atoms with E-state index in [-0.39, 0.29) is 24.6 Å². The fraction of sp³-hybridized carbons (Fsp3) is 0.588. The molecule has 126 valence electrons. The number of carbonyl (C=O) groups is 1. The highest BCUT2D eigenvalue weighted by molar-refractivity contribution is 6.62. The smallest absolute Gasteiger partial charge is 0.466 e. The molecule has 1 aromatic carbocycles. The zero-order valence-electron chi connectivity index (χ0n) is 14.4. The third kappa shape index (κ3) is 3.93. The molecule has 0 unspecified atom stereocenters. The monoisotopic (exact) mass is 322 g/mol. The predicted molar refractivity (Wildman–Crippen MR) is 87.1 cm³/mol. The molecule has 0 bridgehead atoms. The zero-order valence-corrected chi connectivity index (χ0v) is 14.4. The minimum Gasteiger partial charge on any atom is -0.466 e. The van der Waals surface area contributed by atoms with Crippen molar-refractivity contribution in [2.75, 3.05) is 6.61 Å². The van der Waals surface area contributed by atoms with Gasteiger partial charge in [-0.25, -0.2) is 4.39 Å². The Hall–Kier alpha value is -1.40. The molecule has 0 radical (unpaired) electrons. The van der Waals surface area contributed by atoms with Crippen molar-refractivity contribution in [3.63, 3.8) is 0 Å². The van der Waals surface area contributed by atoms with Gasteiger partial charge in [-0.1, -0.05) is 12.1 Å². The Morgan fingerprint density at radius 1 is 1.22 bits per heavy atom. The van der Waals surface area contributed by atoms with Gasteiger partial charge in [0.25, 0.3) is 0 Å². The van der Waals surface area contributed by atoms with Crippen molar-refractivity contribution in [1.29, 1.82) is 0 Å². The lowest BCUT2D eigenvalue weighted by Gasteiger charge is -2.32. The Kier molecular flexibility index (Phi) is 5.16. The Morgan fingerprint density at radius 3 is 2.39 bits per heavy atom. The Bertz CT molecular complexity index is 570. The molecular weight excluding hydrogens is 298 g/mol. The number of ether oxygens (including phenoxy) is 1. The number of hydrogen-bond acceptors (Lipinski definition) is 4. The molecule has 6 heteroatoms. The van der Waals surface area contributed by atoms with Crippen LogP contribution in [0.2, 0.25) is 0 Å². The molecule has 1 aromatic rings. The van der Waals surface area contributed by atoms with Crippen LogP contribution < -0.4 is 5.46 Å². The second-order valence-electron chi connectivity index (χ2n) is 6.74. The molecule has 1 aliphatic rings. The fourth-order valence-corrected chi connectivity index (χ4v) is 2.38. The normalized spacial score (nSPS) is 19.0. The second-order valence-corrected chi connectivity index (χ2v) is 6.74. The SMILES string of the molecule is CCOC(=O)CCc1cc(B2OC(C)(C)C(C)(C)O2)ccc1F. The van der Waals surface area contributed by atoms with E-state index >= 15 is 0 Å². The summed E-state index contributed by atoms with van der Waals surface area (Å²) >= 11 is 0. The highest BCUT2D eigenvalue weighted by Gasteiger charge is 2.51. The summed E-state index contributed by atoms with van der Waals surface area (Å²) in [4.78, 5) is 11.4. The molecule has 0 atom stereocenters. The fourth-order valence-electron chi connectivity index (χ4n) is 2.38. The first kappa shape index (κ1) is 18.0. The third-order valence-corrected chi connectivity index (χ3v) is 4.50. The highest BCUT2D eigenvalue weighted by Crippen LogP contribution is 2.36. The lowest BCUT2D eigenvalue weighted by atomic mass is 9.78. The van der Waals surface area contributed by atoms with Crippen LogP contribution >= 0.6 is 0 Å². The maximum atomic E-state index is 14.0. The van der Waals surface area contributed by atoms with Crippen molar-refractivity contribution < 1.29 is 23.2 Å². The van der Waals surface area contributed by atoms with Gasteiger partial charge in [0.05, 0.1) is 17.8 Å². The maximum absolute atomic E-state index is 14.0. The van der Waals surface area contributed by atoms with Gasteiger partial charge in [0, 0.05) is 6.42 Å². The van der Waals surface area contributed by atoms with Crippen molar-refractivity contribution in [3.05, 3.63) is 29.6 Å². The van der Waals surface area contributed by atoms with Crippen LogP contribution in [0.25, 0.3) is 0 Å². The van der Waals surface area contributed by atoms with Crippen molar-refractivity contribution in [2.45, 2.75) is 58.7 Å². The summed E-state index contributed by atoms with van der Waals surface area (Å²) in [5, 5.41) is 0. The predicted octanol–water partition coefficient (Wildman–Crippen LogP) is 2.62. The number of carbonyl (C=O) groups excluding carboxylic acids is 1. The molecule has 0 saturated carbocycles. The summed E-state index contributed by atoms with van der Waals surface area (Å²) in [6.07, 6.45) is 0.440. The summed E-state index contributed by atoms with van der Waals surface area (Å²) in [7, 11) is -0.540. The first-order valence-corrected chi connectivity index (χ1v) is 7.96. The van der Waals surface area contributed by atoms with E-state index in [0.29, 0.717) is 12.2 Å². The molecule has 2 rings (SSSR count). The van der Waals surface area contributed by atoms with E-state index in [2.05, 4.69) is 0 Å². The summed E-state index contributed by atoms with van der Waals surface area (Å²) < 4.78 is 30.8. The molecule has 0 aliphatic carbocycles. The van der Waals surface area contributed by atoms with Crippen molar-refractivity contribution in [3.8, 4) is 0 Å². The number of rotatable bonds is 5. The van der Waals surface area contributed by atoms with Crippen molar-refractivity contribution >= 4 is 18.6 Å². The molecule has 0 spiro atoms. The quantitative estimate of drug-likeness (QED) is 0.617. The van der Waals surface area contributed by atoms with Crippen LogP contribution in [0.15, 0.2) is 18.2 Å². The summed E-state index contributed by atoms with van der Waals surface area (Å²) in [6, 6.07) is 4.75. The molecule has 0 N–H and O–H groups in total. The largest absolute Gasteiger partial charge is 0.494 e. The summed E-state index contributed by atoms with van der Waals surface area (Å²) in [6.45, 7) is 9.96. The summed E-state index contributed by atoms with van der Waals surface area (Å²) in [5.74, 6) is -0.664. The lowest BCUT2D eigenvalue weighted by molar-refractivity contribution is -0.143. The number of aryl methyl sites for hydroxylation is 1. The van der Waals surface area contributed by atoms with Crippen molar-refractivity contribution in [2.24, 2.45) is 0 Å². The van der Waals surface area contributed by atoms with E-state index in [1.807, 2.05) is 27.7 Å². The molecule has 0 aromatic heterocycles. The Labute approximate surface area is 137 Å². The van der Waals surface area contributed by atoms with Gasteiger partial charge in [-0.05, 0) is 58.1 Å². The van der Waals surface area contributed by atoms with Gasteiger partial charge in [-0.3, -0.25) is 4.79 Å². The van der Waals surface area contributed by atoms with E-state index in [4.69, 9.17) is 14.0 Å². The molecule has 1 aliphatic heterocycles. The van der Waals surface area contributed by atoms with E-state index in [1.165, 1.54) is 6.07 Å². The van der Waals surface area contributed by atoms with Crippen LogP contribution in [0.1, 0.15) is 46.6 Å². The molecule has 23 heavy (non-hydrogen) atoms. The summed E-state index contributed by atoms with van der Waals surface area (Å²) in [5.41, 5.74) is 0.322. The van der Waals surface area contributed by atoms with Crippen LogP contribution in [0.4, 0.5) is 4.39 Å². The first-order valence-electron chi connectivity index (χ1n) is 7.96. The number of hydrogen-bond donors (Lipinski definition) is 0. The van der Waals surface area contributed by atoms with Crippen LogP contribution in [0, 0.1) is 5.82 Å². The highest BCUT2D eigenvalue weighted by atomic mass is 19.1. The van der Waals surface area contributed by atoms with Crippen LogP contribution in [0.3, 0.4) is 0 Å². The van der Waals surface area contributed by atoms with Gasteiger partial charge < -0.3 is 14.0 Å². The first-order chi connectivity index (χ1) is 10.7. The number of esters is 1. The van der Waals surface area contributed by atoms with Crippen LogP contribution in [-0.2, 0) is 25.3 Å². The number of benzene rings is 1. The molecule has 1 fully saturated rings. The van der Waals surface area contributed by atoms with Gasteiger partial charge in [0.15, 0.2) is 0 Å². The third-order valence-electron chi connectivity index (χ3n) is 4.50. The average Bonchev–Trinajstić information content (AvgIpc) is 2.67. The molecule has 4 nitrogen and oxygen atoms in total. The minimum atomic E-state index is -0.540. The van der Waals surface area contributed by atoms with Crippen LogP contribution in [0.5, 0.6) is 0 Å². The zero-order chi connectivity index (χ0) is 17.3. The average molecular weight is 322 g/mol. The van der Waals surface area contributed by atoms with E-state index in [9.17, 15) is 9.18 Å². The van der Waals surface area contributed by atoms with Crippen LogP contribution in [-0.4, -0.2) is 30.9 Å².